The van der Waals surface area contributed by atoms with Crippen molar-refractivity contribution in [2.75, 3.05) is 32.5 Å². The van der Waals surface area contributed by atoms with E-state index in [2.05, 4.69) is 21.7 Å². The van der Waals surface area contributed by atoms with Crippen LogP contribution in [0.25, 0.3) is 0 Å². The van der Waals surface area contributed by atoms with Gasteiger partial charge in [-0.1, -0.05) is 6.07 Å². The molecule has 2 N–H and O–H groups in total. The summed E-state index contributed by atoms with van der Waals surface area (Å²) in [6.07, 6.45) is 3.16. The van der Waals surface area contributed by atoms with Crippen molar-refractivity contribution in [3.05, 3.63) is 53.9 Å². The molecule has 1 aromatic carbocycles. The van der Waals surface area contributed by atoms with Crippen LogP contribution >= 0.6 is 0 Å². The molecule has 0 bridgehead atoms. The first-order valence-electron chi connectivity index (χ1n) is 7.23. The molecule has 0 saturated heterocycles. The fourth-order valence-electron chi connectivity index (χ4n) is 1.96. The van der Waals surface area contributed by atoms with E-state index in [0.717, 1.165) is 12.2 Å². The van der Waals surface area contributed by atoms with Gasteiger partial charge >= 0.3 is 0 Å². The Hall–Kier alpha value is -2.91. The van der Waals surface area contributed by atoms with Crippen LogP contribution in [0.15, 0.2) is 42.7 Å². The van der Waals surface area contributed by atoms with Gasteiger partial charge in [0.2, 0.25) is 0 Å². The third kappa shape index (κ3) is 5.09. The molecule has 6 heteroatoms. The Morgan fingerprint density at radius 3 is 2.83 bits per heavy atom. The van der Waals surface area contributed by atoms with E-state index >= 15 is 0 Å². The van der Waals surface area contributed by atoms with Crippen molar-refractivity contribution in [3.63, 3.8) is 0 Å². The van der Waals surface area contributed by atoms with E-state index in [-0.39, 0.29) is 5.91 Å². The molecule has 0 atom stereocenters. The van der Waals surface area contributed by atoms with E-state index < -0.39 is 0 Å². The standard InChI is InChI=1S/C17H19N5O/c1-22(2)7-6-20-17(23)14-9-16(12-19-11-14)21-15-5-3-4-13(8-15)10-18/h3-5,8-9,11-12,21H,6-7H2,1-2H3,(H,20,23). The van der Waals surface area contributed by atoms with Gasteiger partial charge in [-0.3, -0.25) is 9.78 Å². The van der Waals surface area contributed by atoms with Gasteiger partial charge in [0, 0.05) is 25.0 Å². The number of hydrogen-bond donors (Lipinski definition) is 2. The van der Waals surface area contributed by atoms with Crippen molar-refractivity contribution >= 4 is 17.3 Å². The van der Waals surface area contributed by atoms with Crippen LogP contribution in [0.4, 0.5) is 11.4 Å². The summed E-state index contributed by atoms with van der Waals surface area (Å²) >= 11 is 0. The molecular weight excluding hydrogens is 290 g/mol. The van der Waals surface area contributed by atoms with Gasteiger partial charge in [0.05, 0.1) is 29.1 Å². The second kappa shape index (κ2) is 7.92. The average molecular weight is 309 g/mol. The molecule has 0 spiro atoms. The Morgan fingerprint density at radius 1 is 1.26 bits per heavy atom. The van der Waals surface area contributed by atoms with E-state index in [0.29, 0.717) is 23.4 Å². The fraction of sp³-hybridized carbons (Fsp3) is 0.235. The molecule has 23 heavy (non-hydrogen) atoms. The predicted octanol–water partition coefficient (Wildman–Crippen LogP) is 1.99. The molecule has 0 radical (unpaired) electrons. The minimum absolute atomic E-state index is 0.159. The van der Waals surface area contributed by atoms with Crippen molar-refractivity contribution in [3.8, 4) is 6.07 Å². The maximum absolute atomic E-state index is 12.1. The third-order valence-corrected chi connectivity index (χ3v) is 3.13. The monoisotopic (exact) mass is 309 g/mol. The second-order valence-electron chi connectivity index (χ2n) is 5.34. The van der Waals surface area contributed by atoms with E-state index in [1.54, 1.807) is 30.5 Å². The number of nitrogens with one attached hydrogen (secondary N) is 2. The highest BCUT2D eigenvalue weighted by Gasteiger charge is 2.07. The highest BCUT2D eigenvalue weighted by atomic mass is 16.1. The van der Waals surface area contributed by atoms with Crippen LogP contribution in [-0.4, -0.2) is 43.0 Å². The van der Waals surface area contributed by atoms with Crippen LogP contribution in [0.2, 0.25) is 0 Å². The normalized spacial score (nSPS) is 10.2. The van der Waals surface area contributed by atoms with Gasteiger partial charge < -0.3 is 15.5 Å². The smallest absolute Gasteiger partial charge is 0.252 e. The number of nitrogens with zero attached hydrogens (tertiary/aromatic N) is 3. The molecule has 1 heterocycles. The van der Waals surface area contributed by atoms with Gasteiger partial charge in [0.15, 0.2) is 0 Å². The quantitative estimate of drug-likeness (QED) is 0.853. The third-order valence-electron chi connectivity index (χ3n) is 3.13. The molecule has 0 aliphatic carbocycles. The maximum atomic E-state index is 12.1. The van der Waals surface area contributed by atoms with Gasteiger partial charge in [-0.05, 0) is 38.4 Å². The second-order valence-corrected chi connectivity index (χ2v) is 5.34. The molecule has 2 aromatic rings. The fourth-order valence-corrected chi connectivity index (χ4v) is 1.96. The minimum atomic E-state index is -0.159. The summed E-state index contributed by atoms with van der Waals surface area (Å²) < 4.78 is 0. The molecule has 1 aromatic heterocycles. The van der Waals surface area contributed by atoms with Crippen LogP contribution in [-0.2, 0) is 0 Å². The molecule has 0 aliphatic rings. The molecule has 0 aliphatic heterocycles. The van der Waals surface area contributed by atoms with Gasteiger partial charge in [-0.15, -0.1) is 0 Å². The number of amides is 1. The van der Waals surface area contributed by atoms with Crippen molar-refractivity contribution in [1.82, 2.24) is 15.2 Å². The first-order chi connectivity index (χ1) is 11.1. The van der Waals surface area contributed by atoms with Crippen molar-refractivity contribution in [2.45, 2.75) is 0 Å². The van der Waals surface area contributed by atoms with E-state index in [1.165, 1.54) is 6.20 Å². The lowest BCUT2D eigenvalue weighted by molar-refractivity contribution is 0.0950. The van der Waals surface area contributed by atoms with Crippen molar-refractivity contribution in [1.29, 1.82) is 5.26 Å². The number of rotatable bonds is 6. The van der Waals surface area contributed by atoms with Crippen LogP contribution in [0.1, 0.15) is 15.9 Å². The van der Waals surface area contributed by atoms with Crippen LogP contribution < -0.4 is 10.6 Å². The summed E-state index contributed by atoms with van der Waals surface area (Å²) in [5, 5.41) is 14.9. The number of anilines is 2. The van der Waals surface area contributed by atoms with Crippen molar-refractivity contribution < 1.29 is 4.79 Å². The summed E-state index contributed by atoms with van der Waals surface area (Å²) in [4.78, 5) is 18.2. The Labute approximate surface area is 135 Å². The number of pyridine rings is 1. The van der Waals surface area contributed by atoms with Gasteiger partial charge in [0.1, 0.15) is 0 Å². The zero-order valence-corrected chi connectivity index (χ0v) is 13.2. The Bertz CT molecular complexity index is 721. The maximum Gasteiger partial charge on any atom is 0.252 e. The molecule has 2 rings (SSSR count). The zero-order chi connectivity index (χ0) is 16.7. The van der Waals surface area contributed by atoms with E-state index in [1.807, 2.05) is 25.1 Å². The van der Waals surface area contributed by atoms with Crippen LogP contribution in [0.5, 0.6) is 0 Å². The molecule has 0 unspecified atom stereocenters. The Balaban J connectivity index is 2.04. The number of nitriles is 1. The number of likely N-dealkylation sites (N-methyl/N-ethyl adjacent to an activating group) is 1. The summed E-state index contributed by atoms with van der Waals surface area (Å²) in [6.45, 7) is 1.35. The summed E-state index contributed by atoms with van der Waals surface area (Å²) in [5.41, 5.74) is 2.53. The first-order valence-corrected chi connectivity index (χ1v) is 7.23. The number of carbonyl (C=O) groups excluding carboxylic acids is 1. The Morgan fingerprint density at radius 2 is 2.09 bits per heavy atom. The zero-order valence-electron chi connectivity index (χ0n) is 13.2. The first kappa shape index (κ1) is 16.5. The highest BCUT2D eigenvalue weighted by molar-refractivity contribution is 5.94. The van der Waals surface area contributed by atoms with Gasteiger partial charge in [-0.25, -0.2) is 0 Å². The lowest BCUT2D eigenvalue weighted by Crippen LogP contribution is -2.31. The van der Waals surface area contributed by atoms with Gasteiger partial charge in [-0.2, -0.15) is 5.26 Å². The topological polar surface area (TPSA) is 81.1 Å². The number of hydrogen-bond acceptors (Lipinski definition) is 5. The highest BCUT2D eigenvalue weighted by Crippen LogP contribution is 2.17. The Kier molecular flexibility index (Phi) is 5.67. The number of benzene rings is 1. The molecule has 0 fully saturated rings. The SMILES string of the molecule is CN(C)CCNC(=O)c1cncc(Nc2cccc(C#N)c2)c1. The van der Waals surface area contributed by atoms with Crippen LogP contribution in [0.3, 0.4) is 0 Å². The summed E-state index contributed by atoms with van der Waals surface area (Å²) in [7, 11) is 3.90. The molecular formula is C17H19N5O. The lowest BCUT2D eigenvalue weighted by Gasteiger charge is -2.11. The largest absolute Gasteiger partial charge is 0.354 e. The van der Waals surface area contributed by atoms with Crippen molar-refractivity contribution in [2.24, 2.45) is 0 Å². The predicted molar refractivity (Wildman–Crippen MR) is 89.6 cm³/mol. The van der Waals surface area contributed by atoms with Crippen LogP contribution in [0, 0.1) is 11.3 Å². The number of carbonyl (C=O) groups is 1. The minimum Gasteiger partial charge on any atom is -0.354 e. The molecule has 1 amide bonds. The molecule has 0 saturated carbocycles. The summed E-state index contributed by atoms with van der Waals surface area (Å²) in [5.74, 6) is -0.159. The van der Waals surface area contributed by atoms with E-state index in [9.17, 15) is 4.79 Å². The average Bonchev–Trinajstić information content (AvgIpc) is 2.55. The van der Waals surface area contributed by atoms with E-state index in [4.69, 9.17) is 5.26 Å². The van der Waals surface area contributed by atoms with Gasteiger partial charge in [0.25, 0.3) is 5.91 Å². The molecule has 118 valence electrons. The number of aromatic nitrogens is 1. The summed E-state index contributed by atoms with van der Waals surface area (Å²) in [6, 6.07) is 10.9. The molecule has 6 nitrogen and oxygen atoms in total. The lowest BCUT2D eigenvalue weighted by atomic mass is 10.2.